The third kappa shape index (κ3) is 3.63. The van der Waals surface area contributed by atoms with E-state index in [9.17, 15) is 12.8 Å². The molecule has 0 radical (unpaired) electrons. The second-order valence-corrected chi connectivity index (χ2v) is 6.77. The molecule has 126 valence electrons. The highest BCUT2D eigenvalue weighted by Gasteiger charge is 2.28. The van der Waals surface area contributed by atoms with Crippen molar-refractivity contribution >= 4 is 16.6 Å². The largest absolute Gasteiger partial charge is 0.466 e. The monoisotopic (exact) mass is 348 g/mol. The maximum atomic E-state index is 13.2. The van der Waals surface area contributed by atoms with Gasteiger partial charge in [0.1, 0.15) is 11.6 Å². The number of benzene rings is 2. The van der Waals surface area contributed by atoms with Crippen LogP contribution in [-0.4, -0.2) is 19.9 Å². The summed E-state index contributed by atoms with van der Waals surface area (Å²) in [6, 6.07) is 11.6. The van der Waals surface area contributed by atoms with Gasteiger partial charge in [-0.25, -0.2) is 22.5 Å². The van der Waals surface area contributed by atoms with Crippen LogP contribution in [0, 0.1) is 5.82 Å². The third-order valence-electron chi connectivity index (χ3n) is 3.57. The van der Waals surface area contributed by atoms with Gasteiger partial charge in [0.15, 0.2) is 5.72 Å². The molecule has 0 fully saturated rings. The van der Waals surface area contributed by atoms with Crippen LogP contribution in [0.3, 0.4) is 0 Å². The summed E-state index contributed by atoms with van der Waals surface area (Å²) in [5, 5.41) is 0. The number of hydrogen-bond donors (Lipinski definition) is 2. The van der Waals surface area contributed by atoms with Crippen molar-refractivity contribution < 1.29 is 17.5 Å². The molecule has 0 unspecified atom stereocenters. The molecule has 3 rings (SSSR count). The topological polar surface area (TPSA) is 67.8 Å². The van der Waals surface area contributed by atoms with Gasteiger partial charge in [0, 0.05) is 17.7 Å². The SMILES string of the molecule is CC1(C)N=C(c2ccc(F)cc2)c2ccc(CN[SH](=O)=O)cc2O1. The fraction of sp³-hybridized carbons (Fsp3) is 0.235. The molecule has 2 aromatic rings. The summed E-state index contributed by atoms with van der Waals surface area (Å²) in [5.41, 5.74) is 2.31. The Morgan fingerprint density at radius 1 is 1.17 bits per heavy atom. The van der Waals surface area contributed by atoms with Gasteiger partial charge < -0.3 is 4.74 Å². The highest BCUT2D eigenvalue weighted by atomic mass is 32.2. The van der Waals surface area contributed by atoms with Crippen LogP contribution < -0.4 is 9.46 Å². The highest BCUT2D eigenvalue weighted by molar-refractivity contribution is 7.70. The van der Waals surface area contributed by atoms with Crippen LogP contribution in [0.5, 0.6) is 5.75 Å². The van der Waals surface area contributed by atoms with Crippen LogP contribution in [-0.2, 0) is 17.4 Å². The summed E-state index contributed by atoms with van der Waals surface area (Å²) in [5.74, 6) is 0.314. The molecule has 1 heterocycles. The smallest absolute Gasteiger partial charge is 0.201 e. The van der Waals surface area contributed by atoms with E-state index in [-0.39, 0.29) is 12.4 Å². The zero-order valence-electron chi connectivity index (χ0n) is 13.2. The fourth-order valence-electron chi connectivity index (χ4n) is 2.56. The highest BCUT2D eigenvalue weighted by Crippen LogP contribution is 2.33. The average molecular weight is 348 g/mol. The van der Waals surface area contributed by atoms with Gasteiger partial charge in [-0.15, -0.1) is 0 Å². The zero-order chi connectivity index (χ0) is 17.3. The summed E-state index contributed by atoms with van der Waals surface area (Å²) in [6.45, 7) is 3.86. The van der Waals surface area contributed by atoms with Crippen LogP contribution in [0.1, 0.15) is 30.5 Å². The molecule has 0 saturated heterocycles. The second-order valence-electron chi connectivity index (χ2n) is 5.94. The lowest BCUT2D eigenvalue weighted by atomic mass is 9.97. The number of fused-ring (bicyclic) bond motifs is 1. The standard InChI is InChI=1S/C17H17FN2O3S/c1-17(2)20-16(12-4-6-13(18)7-5-12)14-8-3-11(9-15(14)23-17)10-19-24(21)22/h3-9,24H,10H2,1-2H3,(H,19,21,22). The van der Waals surface area contributed by atoms with Crippen molar-refractivity contribution in [2.24, 2.45) is 4.99 Å². The Balaban J connectivity index is 2.02. The molecule has 1 N–H and O–H groups in total. The molecule has 0 bridgehead atoms. The van der Waals surface area contributed by atoms with E-state index in [0.717, 1.165) is 22.4 Å². The number of hydrogen-bond acceptors (Lipinski definition) is 4. The van der Waals surface area contributed by atoms with Crippen LogP contribution in [0.2, 0.25) is 0 Å². The number of thiol groups is 1. The summed E-state index contributed by atoms with van der Waals surface area (Å²) < 4.78 is 42.8. The molecule has 1 aliphatic heterocycles. The summed E-state index contributed by atoms with van der Waals surface area (Å²) in [7, 11) is -2.65. The van der Waals surface area contributed by atoms with Gasteiger partial charge in [0.25, 0.3) is 0 Å². The van der Waals surface area contributed by atoms with Gasteiger partial charge in [0.2, 0.25) is 10.9 Å². The first-order valence-electron chi connectivity index (χ1n) is 7.40. The molecule has 0 atom stereocenters. The van der Waals surface area contributed by atoms with E-state index in [1.165, 1.54) is 12.1 Å². The second kappa shape index (κ2) is 6.33. The van der Waals surface area contributed by atoms with Crippen molar-refractivity contribution in [3.05, 3.63) is 65.0 Å². The Morgan fingerprint density at radius 2 is 1.88 bits per heavy atom. The number of ether oxygens (including phenoxy) is 1. The number of aliphatic imine (C=N–C) groups is 1. The number of nitrogens with one attached hydrogen (secondary N) is 1. The summed E-state index contributed by atoms with van der Waals surface area (Å²) in [6.07, 6.45) is 0. The van der Waals surface area contributed by atoms with Gasteiger partial charge >= 0.3 is 0 Å². The van der Waals surface area contributed by atoms with Crippen LogP contribution >= 0.6 is 0 Å². The third-order valence-corrected chi connectivity index (χ3v) is 3.99. The Morgan fingerprint density at radius 3 is 2.54 bits per heavy atom. The van der Waals surface area contributed by atoms with E-state index in [2.05, 4.69) is 9.71 Å². The normalized spacial score (nSPS) is 15.6. The minimum atomic E-state index is -2.65. The summed E-state index contributed by atoms with van der Waals surface area (Å²) in [4.78, 5) is 4.62. The van der Waals surface area contributed by atoms with Crippen molar-refractivity contribution in [2.75, 3.05) is 0 Å². The molecule has 0 spiro atoms. The van der Waals surface area contributed by atoms with Crippen molar-refractivity contribution in [2.45, 2.75) is 26.1 Å². The molecule has 0 saturated carbocycles. The van der Waals surface area contributed by atoms with Crippen molar-refractivity contribution in [3.63, 3.8) is 0 Å². The number of nitrogens with zero attached hydrogens (tertiary/aromatic N) is 1. The molecular formula is C17H17FN2O3S. The van der Waals surface area contributed by atoms with Crippen molar-refractivity contribution in [1.82, 2.24) is 4.72 Å². The lowest BCUT2D eigenvalue weighted by Gasteiger charge is -2.30. The molecular weight excluding hydrogens is 331 g/mol. The predicted octanol–water partition coefficient (Wildman–Crippen LogP) is 2.41. The molecule has 24 heavy (non-hydrogen) atoms. The fourth-order valence-corrected chi connectivity index (χ4v) is 2.87. The van der Waals surface area contributed by atoms with E-state index in [0.29, 0.717) is 5.75 Å². The lowest BCUT2D eigenvalue weighted by Crippen LogP contribution is -2.32. The molecule has 5 nitrogen and oxygen atoms in total. The first kappa shape index (κ1) is 16.6. The average Bonchev–Trinajstić information content (AvgIpc) is 2.51. The quantitative estimate of drug-likeness (QED) is 0.834. The Bertz CT molecular complexity index is 866. The molecule has 7 heteroatoms. The minimum absolute atomic E-state index is 0.193. The molecule has 1 aliphatic rings. The Kier molecular flexibility index (Phi) is 4.38. The lowest BCUT2D eigenvalue weighted by molar-refractivity contribution is 0.115. The molecule has 0 amide bonds. The number of rotatable bonds is 4. The molecule has 0 aromatic heterocycles. The van der Waals surface area contributed by atoms with E-state index in [1.54, 1.807) is 18.2 Å². The Hall–Kier alpha value is -2.25. The van der Waals surface area contributed by atoms with Crippen LogP contribution in [0.25, 0.3) is 0 Å². The van der Waals surface area contributed by atoms with Gasteiger partial charge in [-0.1, -0.05) is 6.07 Å². The van der Waals surface area contributed by atoms with Crippen molar-refractivity contribution in [3.8, 4) is 5.75 Å². The van der Waals surface area contributed by atoms with E-state index in [4.69, 9.17) is 4.74 Å². The predicted molar refractivity (Wildman–Crippen MR) is 90.3 cm³/mol. The van der Waals surface area contributed by atoms with Crippen LogP contribution in [0.15, 0.2) is 47.5 Å². The molecule has 2 aromatic carbocycles. The zero-order valence-corrected chi connectivity index (χ0v) is 14.1. The van der Waals surface area contributed by atoms with Gasteiger partial charge in [0.05, 0.1) is 5.71 Å². The minimum Gasteiger partial charge on any atom is -0.466 e. The maximum absolute atomic E-state index is 13.2. The number of halogens is 1. The van der Waals surface area contributed by atoms with Gasteiger partial charge in [-0.05, 0) is 55.8 Å². The first-order valence-corrected chi connectivity index (χ1v) is 8.58. The maximum Gasteiger partial charge on any atom is 0.201 e. The molecule has 0 aliphatic carbocycles. The van der Waals surface area contributed by atoms with E-state index >= 15 is 0 Å². The van der Waals surface area contributed by atoms with Crippen molar-refractivity contribution in [1.29, 1.82) is 0 Å². The Labute approximate surface area is 141 Å². The first-order chi connectivity index (χ1) is 11.3. The summed E-state index contributed by atoms with van der Waals surface area (Å²) >= 11 is 0. The van der Waals surface area contributed by atoms with Crippen LogP contribution in [0.4, 0.5) is 4.39 Å². The van der Waals surface area contributed by atoms with Gasteiger partial charge in [-0.2, -0.15) is 0 Å². The van der Waals surface area contributed by atoms with E-state index in [1.807, 2.05) is 26.0 Å². The van der Waals surface area contributed by atoms with E-state index < -0.39 is 16.6 Å². The van der Waals surface area contributed by atoms with Gasteiger partial charge in [-0.3, -0.25) is 0 Å².